The molecule has 0 radical (unpaired) electrons. The van der Waals surface area contributed by atoms with Gasteiger partial charge in [0, 0.05) is 5.75 Å². The van der Waals surface area contributed by atoms with Crippen LogP contribution in [-0.4, -0.2) is 46.7 Å². The van der Waals surface area contributed by atoms with Crippen LogP contribution in [0, 0.1) is 0 Å². The Bertz CT molecular complexity index is 268. The van der Waals surface area contributed by atoms with E-state index in [1.165, 1.54) is 6.92 Å². The molecule has 0 saturated carbocycles. The van der Waals surface area contributed by atoms with E-state index in [4.69, 9.17) is 16.6 Å². The van der Waals surface area contributed by atoms with Gasteiger partial charge in [-0.15, -0.1) is 0 Å². The summed E-state index contributed by atoms with van der Waals surface area (Å²) < 4.78 is 12.6. The third-order valence-corrected chi connectivity index (χ3v) is 3.34. The number of hydrogen-bond donors (Lipinski definition) is 3. The van der Waals surface area contributed by atoms with Crippen LogP contribution in [-0.2, 0) is 4.79 Å². The summed E-state index contributed by atoms with van der Waals surface area (Å²) in [4.78, 5) is 14.6. The molecule has 0 bridgehead atoms. The lowest BCUT2D eigenvalue weighted by Crippen LogP contribution is -2.47. The van der Waals surface area contributed by atoms with E-state index in [-0.39, 0.29) is 19.7 Å². The molecule has 0 amide bonds. The molecular formula is C10H22FN3O2S. The third kappa shape index (κ3) is 7.98. The van der Waals surface area contributed by atoms with E-state index in [1.54, 1.807) is 6.92 Å². The van der Waals surface area contributed by atoms with E-state index >= 15 is 0 Å². The second kappa shape index (κ2) is 8.30. The molecule has 0 heterocycles. The Morgan fingerprint density at radius 1 is 1.65 bits per heavy atom. The summed E-state index contributed by atoms with van der Waals surface area (Å²) in [5.41, 5.74) is 9.49. The van der Waals surface area contributed by atoms with Crippen molar-refractivity contribution in [1.82, 2.24) is 0 Å². The molecule has 2 unspecified atom stereocenters. The van der Waals surface area contributed by atoms with Gasteiger partial charge in [-0.2, -0.15) is 11.8 Å². The zero-order valence-corrected chi connectivity index (χ0v) is 10.3. The van der Waals surface area contributed by atoms with Crippen LogP contribution < -0.4 is 11.5 Å². The van der Waals surface area contributed by atoms with E-state index < -0.39 is 23.4 Å². The van der Waals surface area contributed by atoms with Crippen LogP contribution in [0.3, 0.4) is 0 Å². The summed E-state index contributed by atoms with van der Waals surface area (Å²) in [5.74, 6) is -0.584. The molecule has 0 aliphatic carbocycles. The molecule has 17 heavy (non-hydrogen) atoms. The van der Waals surface area contributed by atoms with Gasteiger partial charge in [-0.3, -0.25) is 9.79 Å². The lowest BCUT2D eigenvalue weighted by atomic mass is 10.1. The van der Waals surface area contributed by atoms with Crippen molar-refractivity contribution in [2.24, 2.45) is 16.5 Å². The van der Waals surface area contributed by atoms with Crippen molar-refractivity contribution in [3.8, 4) is 0 Å². The molecule has 0 aromatic carbocycles. The fourth-order valence-electron chi connectivity index (χ4n) is 0.745. The topological polar surface area (TPSA) is 102 Å². The number of carboxylic acids is 1. The van der Waals surface area contributed by atoms with Crippen molar-refractivity contribution in [2.45, 2.75) is 32.1 Å². The first-order chi connectivity index (χ1) is 7.29. The molecule has 0 saturated heterocycles. The predicted molar refractivity (Wildman–Crippen MR) is 71.3 cm³/mol. The molecule has 0 aliphatic rings. The average Bonchev–Trinajstić information content (AvgIpc) is 2.17. The molecule has 0 fully saturated rings. The van der Waals surface area contributed by atoms with E-state index in [9.17, 15) is 9.18 Å². The van der Waals surface area contributed by atoms with Crippen molar-refractivity contribution < 1.29 is 14.3 Å². The zero-order chi connectivity index (χ0) is 12.8. The molecule has 0 aromatic rings. The molecule has 0 aromatic heterocycles. The zero-order valence-electron chi connectivity index (χ0n) is 9.44. The van der Waals surface area contributed by atoms with Crippen LogP contribution in [0.4, 0.5) is 4.39 Å². The van der Waals surface area contributed by atoms with Gasteiger partial charge < -0.3 is 16.6 Å². The van der Waals surface area contributed by atoms with Crippen molar-refractivity contribution in [3.05, 3.63) is 0 Å². The van der Waals surface area contributed by atoms with E-state index in [1.807, 2.05) is 0 Å². The summed E-state index contributed by atoms with van der Waals surface area (Å²) >= 11 is 1.16. The van der Waals surface area contributed by atoms with Gasteiger partial charge in [0.1, 0.15) is 12.2 Å². The Balaban J connectivity index is 0. The number of alkyl halides is 1. The van der Waals surface area contributed by atoms with Gasteiger partial charge in [0.25, 0.3) is 0 Å². The van der Waals surface area contributed by atoms with Crippen molar-refractivity contribution in [2.75, 3.05) is 19.0 Å². The highest BCUT2D eigenvalue weighted by Gasteiger charge is 2.29. The molecule has 0 aliphatic heterocycles. The molecule has 102 valence electrons. The van der Waals surface area contributed by atoms with Crippen LogP contribution in [0.2, 0.25) is 0 Å². The lowest BCUT2D eigenvalue weighted by Gasteiger charge is -2.20. The largest absolute Gasteiger partial charge is 0.480 e. The molecule has 5 nitrogen and oxygen atoms in total. The number of carboxylic acid groups (broad SMARTS) is 1. The minimum Gasteiger partial charge on any atom is -0.480 e. The molecule has 0 rings (SSSR count). The van der Waals surface area contributed by atoms with Crippen LogP contribution in [0.1, 0.15) is 21.3 Å². The highest BCUT2D eigenvalue weighted by Crippen LogP contribution is 2.17. The minimum absolute atomic E-state index is 0. The fraction of sp³-hybridized carbons (Fsp3) is 0.800. The first kappa shape index (κ1) is 18.5. The number of hydrogen-bond acceptors (Lipinski definition) is 4. The fourth-order valence-corrected chi connectivity index (χ4v) is 1.72. The first-order valence-corrected chi connectivity index (χ1v) is 5.81. The summed E-state index contributed by atoms with van der Waals surface area (Å²) in [6.07, 6.45) is 0. The number of aliphatic imine (C=N–C) groups is 1. The number of halogens is 1. The first-order valence-electron chi connectivity index (χ1n) is 4.76. The maximum Gasteiger partial charge on any atom is 0.324 e. The van der Waals surface area contributed by atoms with Crippen molar-refractivity contribution >= 4 is 23.6 Å². The second-order valence-corrected chi connectivity index (χ2v) is 5.08. The number of carbonyl (C=O) groups is 1. The number of amidine groups is 1. The summed E-state index contributed by atoms with van der Waals surface area (Å²) in [6.45, 7) is 2.66. The Kier molecular flexibility index (Phi) is 9.05. The van der Waals surface area contributed by atoms with Gasteiger partial charge in [0.15, 0.2) is 0 Å². The van der Waals surface area contributed by atoms with Crippen LogP contribution in [0.25, 0.3) is 0 Å². The maximum atomic E-state index is 12.6. The highest BCUT2D eigenvalue weighted by molar-refractivity contribution is 8.00. The number of thioether (sulfide) groups is 1. The number of nitrogens with zero attached hydrogens (tertiary/aromatic N) is 1. The molecule has 2 atom stereocenters. The van der Waals surface area contributed by atoms with Crippen molar-refractivity contribution in [3.63, 3.8) is 0 Å². The number of nitrogens with two attached hydrogens (primary N) is 2. The van der Waals surface area contributed by atoms with Gasteiger partial charge in [-0.25, -0.2) is 4.39 Å². The van der Waals surface area contributed by atoms with Gasteiger partial charge in [0.2, 0.25) is 0 Å². The van der Waals surface area contributed by atoms with Gasteiger partial charge in [0.05, 0.1) is 17.6 Å². The van der Waals surface area contributed by atoms with E-state index in [0.29, 0.717) is 5.84 Å². The van der Waals surface area contributed by atoms with Gasteiger partial charge >= 0.3 is 5.97 Å². The number of rotatable bonds is 7. The minimum atomic E-state index is -1.35. The lowest BCUT2D eigenvalue weighted by molar-refractivity contribution is -0.141. The summed E-state index contributed by atoms with van der Waals surface area (Å²) in [6, 6.07) is 0. The smallest absolute Gasteiger partial charge is 0.324 e. The predicted octanol–water partition coefficient (Wildman–Crippen LogP) is 0.873. The van der Waals surface area contributed by atoms with Gasteiger partial charge in [-0.1, -0.05) is 7.43 Å². The van der Waals surface area contributed by atoms with Crippen molar-refractivity contribution in [1.29, 1.82) is 0 Å². The Labute approximate surface area is 106 Å². The average molecular weight is 267 g/mol. The SMILES string of the molecule is C.CC(N)=NCC(CF)SCC(C)(N)C(=O)O. The van der Waals surface area contributed by atoms with Crippen LogP contribution in [0.15, 0.2) is 4.99 Å². The molecule has 7 heteroatoms. The van der Waals surface area contributed by atoms with E-state index in [2.05, 4.69) is 4.99 Å². The Morgan fingerprint density at radius 3 is 2.53 bits per heavy atom. The third-order valence-electron chi connectivity index (χ3n) is 1.82. The monoisotopic (exact) mass is 267 g/mol. The second-order valence-electron chi connectivity index (χ2n) is 3.79. The van der Waals surface area contributed by atoms with Crippen LogP contribution in [0.5, 0.6) is 0 Å². The normalized spacial score (nSPS) is 16.8. The maximum absolute atomic E-state index is 12.6. The van der Waals surface area contributed by atoms with E-state index in [0.717, 1.165) is 11.8 Å². The number of aliphatic carboxylic acids is 1. The summed E-state index contributed by atoms with van der Waals surface area (Å²) in [7, 11) is 0. The quantitative estimate of drug-likeness (QED) is 0.469. The van der Waals surface area contributed by atoms with Gasteiger partial charge in [-0.05, 0) is 13.8 Å². The standard InChI is InChI=1S/C9H18FN3O2S.CH4/c1-6(11)13-4-7(3-10)16-5-9(2,12)8(14)15;/h7H,3-5,12H2,1-2H3,(H2,11,13)(H,14,15);1H4. The summed E-state index contributed by atoms with van der Waals surface area (Å²) in [5, 5.41) is 8.36. The Morgan fingerprint density at radius 2 is 2.18 bits per heavy atom. The Hall–Kier alpha value is -0.820. The highest BCUT2D eigenvalue weighted by atomic mass is 32.2. The molecule has 5 N–H and O–H groups in total. The molecule has 0 spiro atoms. The molecular weight excluding hydrogens is 245 g/mol. The van der Waals surface area contributed by atoms with Crippen LogP contribution >= 0.6 is 11.8 Å².